The molecule has 0 saturated carbocycles. The minimum atomic E-state index is -0.807. The third-order valence-corrected chi connectivity index (χ3v) is 7.46. The summed E-state index contributed by atoms with van der Waals surface area (Å²) >= 11 is 1.76. The number of hydrogen-bond donors (Lipinski definition) is 4. The van der Waals surface area contributed by atoms with Gasteiger partial charge in [0.25, 0.3) is 0 Å². The van der Waals surface area contributed by atoms with E-state index in [2.05, 4.69) is 15.6 Å². The van der Waals surface area contributed by atoms with Crippen molar-refractivity contribution in [3.8, 4) is 5.75 Å². The van der Waals surface area contributed by atoms with Gasteiger partial charge in [0.2, 0.25) is 23.0 Å². The molecule has 1 atom stereocenters. The maximum Gasteiger partial charge on any atom is 0.242 e. The van der Waals surface area contributed by atoms with Crippen molar-refractivity contribution in [3.63, 3.8) is 0 Å². The fourth-order valence-electron chi connectivity index (χ4n) is 4.67. The Morgan fingerprint density at radius 1 is 1.26 bits per heavy atom. The Balaban J connectivity index is 1.59. The standard InChI is InChI=1S/C25H29N3O5S/c1-15-11-20(29)22(31)23(33-15)25(7-9-34-10-8-25)13-21(30)28-19(24(32)26-2)12-16-14-27-18-6-4-3-5-17(16)18/h3-6,11,14,19,27,31H,7-10,12-13H2,1-2H3,(H,26,32)(H,28,30). The number of amides is 2. The Labute approximate surface area is 201 Å². The van der Waals surface area contributed by atoms with Crippen LogP contribution in [0.3, 0.4) is 0 Å². The number of benzene rings is 1. The van der Waals surface area contributed by atoms with Crippen LogP contribution in [0.1, 0.15) is 36.3 Å². The Hall–Kier alpha value is -3.20. The SMILES string of the molecule is CNC(=O)C(Cc1c[nH]c2ccccc12)NC(=O)CC1(c2oc(C)cc(=O)c2O)CCSCC1. The first-order chi connectivity index (χ1) is 16.3. The lowest BCUT2D eigenvalue weighted by atomic mass is 9.75. The van der Waals surface area contributed by atoms with Crippen LogP contribution in [0.2, 0.25) is 0 Å². The lowest BCUT2D eigenvalue weighted by Crippen LogP contribution is -2.49. The normalized spacial score (nSPS) is 16.2. The van der Waals surface area contributed by atoms with Gasteiger partial charge in [-0.2, -0.15) is 11.8 Å². The van der Waals surface area contributed by atoms with Crippen LogP contribution < -0.4 is 16.1 Å². The van der Waals surface area contributed by atoms with Gasteiger partial charge < -0.3 is 25.1 Å². The molecule has 2 amide bonds. The number of hydrogen-bond acceptors (Lipinski definition) is 6. The second-order valence-electron chi connectivity index (χ2n) is 8.77. The highest BCUT2D eigenvalue weighted by Crippen LogP contribution is 2.44. The van der Waals surface area contributed by atoms with Crippen molar-refractivity contribution in [3.05, 3.63) is 63.8 Å². The summed E-state index contributed by atoms with van der Waals surface area (Å²) in [4.78, 5) is 41.4. The van der Waals surface area contributed by atoms with Crippen molar-refractivity contribution >= 4 is 34.5 Å². The largest absolute Gasteiger partial charge is 0.502 e. The summed E-state index contributed by atoms with van der Waals surface area (Å²) in [5.41, 5.74) is 0.566. The molecule has 4 rings (SSSR count). The molecule has 0 aliphatic carbocycles. The van der Waals surface area contributed by atoms with Crippen molar-refractivity contribution in [2.24, 2.45) is 0 Å². The summed E-state index contributed by atoms with van der Waals surface area (Å²) in [6.45, 7) is 1.65. The van der Waals surface area contributed by atoms with Gasteiger partial charge in [0.1, 0.15) is 11.8 Å². The molecular weight excluding hydrogens is 454 g/mol. The highest BCUT2D eigenvalue weighted by Gasteiger charge is 2.42. The van der Waals surface area contributed by atoms with E-state index in [1.807, 2.05) is 30.5 Å². The van der Waals surface area contributed by atoms with E-state index in [1.165, 1.54) is 13.1 Å². The number of para-hydroxylation sites is 1. The molecule has 1 fully saturated rings. The predicted molar refractivity (Wildman–Crippen MR) is 132 cm³/mol. The van der Waals surface area contributed by atoms with Crippen LogP contribution in [0, 0.1) is 6.92 Å². The summed E-state index contributed by atoms with van der Waals surface area (Å²) < 4.78 is 5.82. The average Bonchev–Trinajstić information content (AvgIpc) is 3.23. The van der Waals surface area contributed by atoms with Crippen LogP contribution in [0.15, 0.2) is 45.7 Å². The number of thioether (sulfide) groups is 1. The maximum absolute atomic E-state index is 13.3. The number of aromatic nitrogens is 1. The summed E-state index contributed by atoms with van der Waals surface area (Å²) in [6.07, 6.45) is 3.35. The molecule has 1 unspecified atom stereocenters. The minimum Gasteiger partial charge on any atom is -0.502 e. The monoisotopic (exact) mass is 483 g/mol. The number of likely N-dealkylation sites (N-methyl/N-ethyl adjacent to an activating group) is 1. The van der Waals surface area contributed by atoms with Crippen molar-refractivity contribution in [1.82, 2.24) is 15.6 Å². The number of aromatic amines is 1. The molecule has 1 aromatic carbocycles. The van der Waals surface area contributed by atoms with Crippen LogP contribution >= 0.6 is 11.8 Å². The third kappa shape index (κ3) is 4.84. The fourth-order valence-corrected chi connectivity index (χ4v) is 5.94. The number of aromatic hydroxyl groups is 1. The number of aryl methyl sites for hydroxylation is 1. The van der Waals surface area contributed by atoms with E-state index in [0.29, 0.717) is 25.0 Å². The van der Waals surface area contributed by atoms with Crippen LogP contribution in [0.5, 0.6) is 5.75 Å². The number of carbonyl (C=O) groups is 2. The van der Waals surface area contributed by atoms with Crippen LogP contribution in [-0.4, -0.2) is 46.5 Å². The Morgan fingerprint density at radius 2 is 2.00 bits per heavy atom. The van der Waals surface area contributed by atoms with Gasteiger partial charge in [-0.3, -0.25) is 14.4 Å². The van der Waals surface area contributed by atoms with Gasteiger partial charge in [0, 0.05) is 48.5 Å². The molecule has 1 aliphatic rings. The number of rotatable bonds is 7. The van der Waals surface area contributed by atoms with Gasteiger partial charge in [-0.1, -0.05) is 18.2 Å². The van der Waals surface area contributed by atoms with Crippen molar-refractivity contribution < 1.29 is 19.1 Å². The minimum absolute atomic E-state index is 0.00882. The van der Waals surface area contributed by atoms with E-state index >= 15 is 0 Å². The molecule has 0 bridgehead atoms. The van der Waals surface area contributed by atoms with Gasteiger partial charge >= 0.3 is 0 Å². The van der Waals surface area contributed by atoms with Gasteiger partial charge in [-0.15, -0.1) is 0 Å². The van der Waals surface area contributed by atoms with E-state index < -0.39 is 22.6 Å². The molecule has 4 N–H and O–H groups in total. The Bertz CT molecular complexity index is 1260. The number of fused-ring (bicyclic) bond motifs is 1. The lowest BCUT2D eigenvalue weighted by Gasteiger charge is -2.36. The van der Waals surface area contributed by atoms with E-state index in [1.54, 1.807) is 18.7 Å². The second-order valence-corrected chi connectivity index (χ2v) is 9.99. The first-order valence-corrected chi connectivity index (χ1v) is 12.5. The molecule has 34 heavy (non-hydrogen) atoms. The average molecular weight is 484 g/mol. The maximum atomic E-state index is 13.3. The van der Waals surface area contributed by atoms with Gasteiger partial charge in [0.05, 0.1) is 0 Å². The molecule has 3 aromatic rings. The molecule has 9 heteroatoms. The van der Waals surface area contributed by atoms with Crippen molar-refractivity contribution in [1.29, 1.82) is 0 Å². The third-order valence-electron chi connectivity index (χ3n) is 6.47. The van der Waals surface area contributed by atoms with Crippen LogP contribution in [0.4, 0.5) is 0 Å². The molecule has 0 radical (unpaired) electrons. The first kappa shape index (κ1) is 23.9. The quantitative estimate of drug-likeness (QED) is 0.410. The summed E-state index contributed by atoms with van der Waals surface area (Å²) in [5, 5.41) is 17.0. The summed E-state index contributed by atoms with van der Waals surface area (Å²) in [5.74, 6) is 1.05. The molecule has 180 valence electrons. The van der Waals surface area contributed by atoms with E-state index in [0.717, 1.165) is 28.0 Å². The summed E-state index contributed by atoms with van der Waals surface area (Å²) in [7, 11) is 1.54. The number of nitrogens with one attached hydrogen (secondary N) is 3. The molecular formula is C25H29N3O5S. The zero-order valence-corrected chi connectivity index (χ0v) is 20.1. The van der Waals surface area contributed by atoms with Gasteiger partial charge in [-0.05, 0) is 42.9 Å². The molecule has 3 heterocycles. The molecule has 1 saturated heterocycles. The van der Waals surface area contributed by atoms with E-state index in [9.17, 15) is 19.5 Å². The van der Waals surface area contributed by atoms with Crippen LogP contribution in [0.25, 0.3) is 10.9 Å². The Morgan fingerprint density at radius 3 is 2.74 bits per heavy atom. The molecule has 1 aliphatic heterocycles. The fraction of sp³-hybridized carbons (Fsp3) is 0.400. The van der Waals surface area contributed by atoms with Crippen molar-refractivity contribution in [2.75, 3.05) is 18.6 Å². The number of carbonyl (C=O) groups excluding carboxylic acids is 2. The highest BCUT2D eigenvalue weighted by atomic mass is 32.2. The molecule has 8 nitrogen and oxygen atoms in total. The first-order valence-electron chi connectivity index (χ1n) is 11.3. The van der Waals surface area contributed by atoms with E-state index in [4.69, 9.17) is 4.42 Å². The van der Waals surface area contributed by atoms with Crippen molar-refractivity contribution in [2.45, 2.75) is 44.1 Å². The zero-order valence-electron chi connectivity index (χ0n) is 19.3. The Kier molecular flexibility index (Phi) is 7.02. The van der Waals surface area contributed by atoms with Crippen LogP contribution in [-0.2, 0) is 21.4 Å². The lowest BCUT2D eigenvalue weighted by molar-refractivity contribution is -0.129. The highest BCUT2D eigenvalue weighted by molar-refractivity contribution is 7.99. The zero-order chi connectivity index (χ0) is 24.3. The number of H-pyrrole nitrogens is 1. The molecule has 2 aromatic heterocycles. The van der Waals surface area contributed by atoms with Gasteiger partial charge in [0.15, 0.2) is 5.76 Å². The van der Waals surface area contributed by atoms with Gasteiger partial charge in [-0.25, -0.2) is 0 Å². The van der Waals surface area contributed by atoms with E-state index in [-0.39, 0.29) is 24.0 Å². The predicted octanol–water partition coefficient (Wildman–Crippen LogP) is 2.76. The molecule has 0 spiro atoms. The summed E-state index contributed by atoms with van der Waals surface area (Å²) in [6, 6.07) is 8.26. The smallest absolute Gasteiger partial charge is 0.242 e. The second kappa shape index (κ2) is 9.97. The topological polar surface area (TPSA) is 124 Å².